The van der Waals surface area contributed by atoms with E-state index in [1.807, 2.05) is 12.1 Å². The molecule has 0 saturated heterocycles. The molecule has 0 aromatic heterocycles. The summed E-state index contributed by atoms with van der Waals surface area (Å²) in [5, 5.41) is 0. The molecule has 0 N–H and O–H groups in total. The Labute approximate surface area is 94.5 Å². The van der Waals surface area contributed by atoms with Gasteiger partial charge in [0.2, 0.25) is 0 Å². The van der Waals surface area contributed by atoms with E-state index in [9.17, 15) is 0 Å². The van der Waals surface area contributed by atoms with Crippen molar-refractivity contribution >= 4 is 21.5 Å². The molecule has 74 valence electrons. The van der Waals surface area contributed by atoms with Crippen LogP contribution in [0.5, 0.6) is 0 Å². The van der Waals surface area contributed by atoms with Crippen LogP contribution >= 0.6 is 15.9 Å². The topological polar surface area (TPSA) is 0 Å². The molecule has 0 fully saturated rings. The van der Waals surface area contributed by atoms with Crippen molar-refractivity contribution in [3.8, 4) is 0 Å². The van der Waals surface area contributed by atoms with Gasteiger partial charge in [0.1, 0.15) is 0 Å². The van der Waals surface area contributed by atoms with Gasteiger partial charge in [-0.1, -0.05) is 40.2 Å². The summed E-state index contributed by atoms with van der Waals surface area (Å²) >= 11 is 3.41. The zero-order valence-corrected chi connectivity index (χ0v) is 10.1. The summed E-state index contributed by atoms with van der Waals surface area (Å²) in [5.74, 6) is 0. The van der Waals surface area contributed by atoms with Gasteiger partial charge in [-0.25, -0.2) is 0 Å². The Hall–Kier alpha value is -0.820. The van der Waals surface area contributed by atoms with Crippen molar-refractivity contribution in [2.45, 2.75) is 19.8 Å². The molecule has 0 radical (unpaired) electrons. The first kappa shape index (κ1) is 11.3. The molecule has 0 atom stereocenters. The predicted octanol–water partition coefficient (Wildman–Crippen LogP) is 4.82. The van der Waals surface area contributed by atoms with Crippen LogP contribution in [-0.4, -0.2) is 0 Å². The molecule has 0 aliphatic rings. The maximum absolute atomic E-state index is 4.07. The summed E-state index contributed by atoms with van der Waals surface area (Å²) < 4.78 is 1.11. The third-order valence-electron chi connectivity index (χ3n) is 2.11. The van der Waals surface area contributed by atoms with Crippen LogP contribution in [0.1, 0.15) is 25.3 Å². The minimum atomic E-state index is 0.997. The van der Waals surface area contributed by atoms with Crippen molar-refractivity contribution in [3.63, 3.8) is 0 Å². The standard InChI is InChI=1S/C13H15Br/c1-10(2)4-5-11(3)12-6-8-13(14)9-7-12/h6-9H,1,3-5H2,2H3. The lowest BCUT2D eigenvalue weighted by Gasteiger charge is -2.05. The van der Waals surface area contributed by atoms with E-state index in [-0.39, 0.29) is 0 Å². The molecule has 1 aromatic carbocycles. The van der Waals surface area contributed by atoms with Crippen LogP contribution in [0.15, 0.2) is 47.5 Å². The highest BCUT2D eigenvalue weighted by molar-refractivity contribution is 9.10. The minimum absolute atomic E-state index is 0.997. The molecule has 14 heavy (non-hydrogen) atoms. The molecule has 1 rings (SSSR count). The van der Waals surface area contributed by atoms with E-state index >= 15 is 0 Å². The van der Waals surface area contributed by atoms with Crippen LogP contribution in [0.4, 0.5) is 0 Å². The highest BCUT2D eigenvalue weighted by Crippen LogP contribution is 2.21. The average Bonchev–Trinajstić information content (AvgIpc) is 2.15. The van der Waals surface area contributed by atoms with Gasteiger partial charge in [-0.3, -0.25) is 0 Å². The molecule has 0 bridgehead atoms. The first-order chi connectivity index (χ1) is 6.59. The van der Waals surface area contributed by atoms with Crippen LogP contribution in [0.3, 0.4) is 0 Å². The van der Waals surface area contributed by atoms with Crippen molar-refractivity contribution in [1.82, 2.24) is 0 Å². The Morgan fingerprint density at radius 2 is 1.71 bits per heavy atom. The van der Waals surface area contributed by atoms with Gasteiger partial charge in [0.05, 0.1) is 0 Å². The molecule has 0 amide bonds. The maximum Gasteiger partial charge on any atom is 0.0175 e. The SMILES string of the molecule is C=C(C)CCC(=C)c1ccc(Br)cc1. The number of rotatable bonds is 4. The molecule has 0 nitrogen and oxygen atoms in total. The monoisotopic (exact) mass is 250 g/mol. The number of benzene rings is 1. The van der Waals surface area contributed by atoms with E-state index in [0.29, 0.717) is 0 Å². The summed E-state index contributed by atoms with van der Waals surface area (Å²) in [4.78, 5) is 0. The largest absolute Gasteiger partial charge is 0.100 e. The Morgan fingerprint density at radius 1 is 1.14 bits per heavy atom. The molecular formula is C13H15Br. The van der Waals surface area contributed by atoms with Gasteiger partial charge in [0, 0.05) is 4.47 Å². The maximum atomic E-state index is 4.07. The van der Waals surface area contributed by atoms with Gasteiger partial charge in [0.15, 0.2) is 0 Å². The van der Waals surface area contributed by atoms with Gasteiger partial charge in [0.25, 0.3) is 0 Å². The van der Waals surface area contributed by atoms with Crippen LogP contribution in [0.2, 0.25) is 0 Å². The van der Waals surface area contributed by atoms with Crippen LogP contribution in [-0.2, 0) is 0 Å². The summed E-state index contributed by atoms with van der Waals surface area (Å²) in [7, 11) is 0. The highest BCUT2D eigenvalue weighted by Gasteiger charge is 1.98. The second-order valence-electron chi connectivity index (χ2n) is 3.57. The van der Waals surface area contributed by atoms with E-state index in [1.54, 1.807) is 0 Å². The average molecular weight is 251 g/mol. The Bertz CT molecular complexity index is 333. The van der Waals surface area contributed by atoms with Crippen molar-refractivity contribution < 1.29 is 0 Å². The van der Waals surface area contributed by atoms with Gasteiger partial charge < -0.3 is 0 Å². The Morgan fingerprint density at radius 3 is 2.21 bits per heavy atom. The number of hydrogen-bond donors (Lipinski definition) is 0. The lowest BCUT2D eigenvalue weighted by atomic mass is 10.0. The zero-order chi connectivity index (χ0) is 10.6. The van der Waals surface area contributed by atoms with Crippen LogP contribution in [0.25, 0.3) is 5.57 Å². The molecule has 0 unspecified atom stereocenters. The lowest BCUT2D eigenvalue weighted by Crippen LogP contribution is -1.83. The zero-order valence-electron chi connectivity index (χ0n) is 8.52. The number of hydrogen-bond acceptors (Lipinski definition) is 0. The Balaban J connectivity index is 2.61. The second kappa shape index (κ2) is 5.16. The summed E-state index contributed by atoms with van der Waals surface area (Å²) in [5.41, 5.74) is 3.61. The van der Waals surface area contributed by atoms with Crippen molar-refractivity contribution in [1.29, 1.82) is 0 Å². The van der Waals surface area contributed by atoms with E-state index in [2.05, 4.69) is 48.1 Å². The molecule has 1 aromatic rings. The fraction of sp³-hybridized carbons (Fsp3) is 0.231. The van der Waals surface area contributed by atoms with Gasteiger partial charge in [-0.15, -0.1) is 6.58 Å². The van der Waals surface area contributed by atoms with Gasteiger partial charge in [-0.05, 0) is 43.0 Å². The molecule has 0 aliphatic carbocycles. The van der Waals surface area contributed by atoms with E-state index < -0.39 is 0 Å². The molecular weight excluding hydrogens is 236 g/mol. The summed E-state index contributed by atoms with van der Waals surface area (Å²) in [6.07, 6.45) is 2.02. The van der Waals surface area contributed by atoms with Crippen molar-refractivity contribution in [2.24, 2.45) is 0 Å². The summed E-state index contributed by atoms with van der Waals surface area (Å²) in [6, 6.07) is 8.26. The van der Waals surface area contributed by atoms with Crippen molar-refractivity contribution in [2.75, 3.05) is 0 Å². The number of allylic oxidation sites excluding steroid dienone is 2. The third-order valence-corrected chi connectivity index (χ3v) is 2.63. The van der Waals surface area contributed by atoms with Gasteiger partial charge in [-0.2, -0.15) is 0 Å². The quantitative estimate of drug-likeness (QED) is 0.673. The molecule has 0 saturated carbocycles. The predicted molar refractivity (Wildman–Crippen MR) is 67.2 cm³/mol. The van der Waals surface area contributed by atoms with E-state index in [4.69, 9.17) is 0 Å². The lowest BCUT2D eigenvalue weighted by molar-refractivity contribution is 1.000. The second-order valence-corrected chi connectivity index (χ2v) is 4.48. The first-order valence-corrected chi connectivity index (χ1v) is 5.47. The van der Waals surface area contributed by atoms with Crippen LogP contribution in [0, 0.1) is 0 Å². The summed E-state index contributed by atoms with van der Waals surface area (Å²) in [6.45, 7) is 10.0. The number of halogens is 1. The first-order valence-electron chi connectivity index (χ1n) is 4.67. The molecule has 1 heteroatoms. The third kappa shape index (κ3) is 3.51. The minimum Gasteiger partial charge on any atom is -0.100 e. The molecule has 0 aliphatic heterocycles. The normalized spacial score (nSPS) is 9.86. The van der Waals surface area contributed by atoms with E-state index in [1.165, 1.54) is 16.7 Å². The fourth-order valence-corrected chi connectivity index (χ4v) is 1.46. The smallest absolute Gasteiger partial charge is 0.0175 e. The van der Waals surface area contributed by atoms with Crippen molar-refractivity contribution in [3.05, 3.63) is 53.0 Å². The molecule has 0 spiro atoms. The molecule has 0 heterocycles. The fourth-order valence-electron chi connectivity index (χ4n) is 1.19. The van der Waals surface area contributed by atoms with Gasteiger partial charge >= 0.3 is 0 Å². The Kier molecular flexibility index (Phi) is 4.15. The van der Waals surface area contributed by atoms with Crippen LogP contribution < -0.4 is 0 Å². The van der Waals surface area contributed by atoms with E-state index in [0.717, 1.165) is 17.3 Å². The highest BCUT2D eigenvalue weighted by atomic mass is 79.9.